The number of carbonyl (C=O) groups is 8. The number of ketones is 4. The normalized spacial score (nSPS) is 16.3. The van der Waals surface area contributed by atoms with Crippen molar-refractivity contribution in [2.75, 3.05) is 124 Å². The molecule has 5 N–H and O–H groups in total. The van der Waals surface area contributed by atoms with Crippen molar-refractivity contribution in [3.05, 3.63) is 289 Å². The first-order chi connectivity index (χ1) is 64.7. The van der Waals surface area contributed by atoms with E-state index in [1.165, 1.54) is 130 Å². The van der Waals surface area contributed by atoms with Crippen LogP contribution in [-0.2, 0) is 4.74 Å². The predicted molar refractivity (Wildman–Crippen MR) is 530 cm³/mol. The lowest BCUT2D eigenvalue weighted by Gasteiger charge is -2.28. The Balaban J connectivity index is 0.000000173. The maximum atomic E-state index is 13.6. The number of aromatic nitrogens is 3. The minimum absolute atomic E-state index is 0.0259. The molecule has 134 heavy (non-hydrogen) atoms. The number of rotatable bonds is 26. The van der Waals surface area contributed by atoms with Crippen LogP contribution in [0, 0.1) is 78.8 Å². The number of Topliss-reactive ketones (excluding diaryl/α,β-unsaturated/α-hetero) is 4. The van der Waals surface area contributed by atoms with Gasteiger partial charge in [0.15, 0.2) is 23.1 Å². The summed E-state index contributed by atoms with van der Waals surface area (Å²) in [5.41, 5.74) is 12.8. The minimum Gasteiger partial charge on any atom is -0.379 e. The summed E-state index contributed by atoms with van der Waals surface area (Å²) in [5, 5.41) is 17.2. The van der Waals surface area contributed by atoms with Crippen LogP contribution in [0.25, 0.3) is 0 Å². The number of nitrogens with zero attached hydrogens (tertiary/aromatic N) is 7. The van der Waals surface area contributed by atoms with Crippen molar-refractivity contribution in [1.29, 1.82) is 0 Å². The van der Waals surface area contributed by atoms with E-state index in [-0.39, 0.29) is 69.6 Å². The van der Waals surface area contributed by atoms with Crippen molar-refractivity contribution in [2.45, 2.75) is 215 Å². The summed E-state index contributed by atoms with van der Waals surface area (Å²) in [6.07, 6.45) is 25.8. The van der Waals surface area contributed by atoms with Crippen LogP contribution < -0.4 is 21.3 Å². The summed E-state index contributed by atoms with van der Waals surface area (Å²) in [4.78, 5) is 111. The molecule has 0 radical (unpaired) electrons. The van der Waals surface area contributed by atoms with E-state index in [2.05, 4.69) is 67.9 Å². The van der Waals surface area contributed by atoms with Gasteiger partial charge in [-0.15, -0.1) is 0 Å². The van der Waals surface area contributed by atoms with Gasteiger partial charge in [0.05, 0.1) is 29.9 Å². The standard InChI is InChI=1S/C17H24N2O.C16H23NO.C15H20FNO.C15H21NO2.C14H18FNO.C14H19NO.C10H9FN4O.C9H11NO/c1-14-6-8-15(9-7-14)17(20)19-12-4-5-16(19)13-18-10-2-3-11-18;1-14-7-9-15(10-8-14)16(18)6-5-13-17-11-3-2-4-12-17;1-12-6-7-13(14(16)11-12)15(18)5-4-10-17-8-2-3-9-17;1-13-4-6-14(7-5-13)15(17)3-2-8-16-9-11-18-12-10-16;1-10-7-8-12(13(15)9-10)14(17)16-11-5-3-2-4-6-11;1-11-2-4-13(5-3-11)14(16)10-12-6-8-15-9-7-12;1-6-2-3-7(8(11)4-6)9(16)14-10-12-5-13-15-10;1-7-4-3-5-8(6-7)9(11)10-2/h6-9,16H,2-5,10-13H2,1H3;7-10H,2-6,11-13H2,1H3;6-7,11H,2-5,8-10H2,1H3;4-7H,2-3,8-12H2,1H3;7-9,11H,2-6H2,1H3,(H,16,17);2-5,12,15H,6-10H2,1H3;2-5H,1H3,(H2,12,13,14,15,16);3-6H,1-2H3,(H,10,11)/t16-;;;;;;;/m0......./s1. The number of H-pyrrole nitrogens is 1. The molecule has 7 fully saturated rings. The Morgan fingerprint density at radius 3 is 1.28 bits per heavy atom. The highest BCUT2D eigenvalue weighted by Crippen LogP contribution is 2.26. The third kappa shape index (κ3) is 38.4. The van der Waals surface area contributed by atoms with Gasteiger partial charge in [-0.1, -0.05) is 169 Å². The molecule has 24 heteroatoms. The maximum Gasteiger partial charge on any atom is 0.260 e. The molecule has 6 saturated heterocycles. The Morgan fingerprint density at radius 1 is 0.396 bits per heavy atom. The highest BCUT2D eigenvalue weighted by molar-refractivity contribution is 6.04. The van der Waals surface area contributed by atoms with Crippen LogP contribution in [0.15, 0.2) is 182 Å². The summed E-state index contributed by atoms with van der Waals surface area (Å²) in [7, 11) is 1.63. The first kappa shape index (κ1) is 107. The Morgan fingerprint density at radius 2 is 0.813 bits per heavy atom. The van der Waals surface area contributed by atoms with Gasteiger partial charge in [0, 0.05) is 98.8 Å². The van der Waals surface area contributed by atoms with E-state index in [9.17, 15) is 51.5 Å². The number of morpholine rings is 1. The smallest absolute Gasteiger partial charge is 0.260 e. The fraction of sp³-hybridized carbons (Fsp3) is 0.473. The van der Waals surface area contributed by atoms with Gasteiger partial charge >= 0.3 is 0 Å². The molecule has 720 valence electrons. The molecular formula is C110H145F3N12O9. The summed E-state index contributed by atoms with van der Waals surface area (Å²) >= 11 is 0. The third-order valence-electron chi connectivity index (χ3n) is 25.3. The summed E-state index contributed by atoms with van der Waals surface area (Å²) in [6.45, 7) is 33.5. The number of halogens is 3. The molecule has 0 spiro atoms. The number of carbonyl (C=O) groups excluding carboxylic acids is 8. The number of nitrogens with one attached hydrogen (secondary N) is 5. The lowest BCUT2D eigenvalue weighted by molar-refractivity contribution is 0.0371. The van der Waals surface area contributed by atoms with Crippen molar-refractivity contribution >= 4 is 52.7 Å². The number of aryl methyl sites for hydroxylation is 8. The number of hydrogen-bond donors (Lipinski definition) is 5. The number of anilines is 1. The quantitative estimate of drug-likeness (QED) is 0.0316. The van der Waals surface area contributed by atoms with Gasteiger partial charge < -0.3 is 40.3 Å². The van der Waals surface area contributed by atoms with Crippen LogP contribution in [0.4, 0.5) is 19.1 Å². The van der Waals surface area contributed by atoms with E-state index in [1.54, 1.807) is 50.4 Å². The average molecular weight is 1840 g/mol. The van der Waals surface area contributed by atoms with Gasteiger partial charge in [-0.2, -0.15) is 10.1 Å². The van der Waals surface area contributed by atoms with Gasteiger partial charge in [-0.3, -0.25) is 48.6 Å². The molecule has 1 atom stereocenters. The van der Waals surface area contributed by atoms with E-state index in [1.807, 2.05) is 157 Å². The van der Waals surface area contributed by atoms with Gasteiger partial charge in [-0.05, 0) is 307 Å². The number of ether oxygens (including phenoxy) is 1. The third-order valence-corrected chi connectivity index (χ3v) is 25.3. The fourth-order valence-electron chi connectivity index (χ4n) is 17.3. The van der Waals surface area contributed by atoms with Crippen LogP contribution in [0.1, 0.15) is 275 Å². The molecular weight excluding hydrogens is 1690 g/mol. The minimum atomic E-state index is -0.561. The van der Waals surface area contributed by atoms with E-state index in [4.69, 9.17) is 4.74 Å². The van der Waals surface area contributed by atoms with E-state index in [0.29, 0.717) is 49.0 Å². The van der Waals surface area contributed by atoms with Gasteiger partial charge in [0.1, 0.15) is 23.8 Å². The Bertz CT molecular complexity index is 5000. The number of likely N-dealkylation sites (tertiary alicyclic amines) is 4. The molecule has 16 rings (SSSR count). The predicted octanol–water partition coefficient (Wildman–Crippen LogP) is 20.2. The van der Waals surface area contributed by atoms with Crippen LogP contribution in [0.2, 0.25) is 0 Å². The van der Waals surface area contributed by atoms with E-state index in [0.717, 1.165) is 200 Å². The number of benzene rings is 8. The van der Waals surface area contributed by atoms with Gasteiger partial charge in [0.25, 0.3) is 23.6 Å². The highest BCUT2D eigenvalue weighted by Gasteiger charge is 2.32. The molecule has 7 heterocycles. The molecule has 1 saturated carbocycles. The van der Waals surface area contributed by atoms with Crippen LogP contribution in [0.5, 0.6) is 0 Å². The highest BCUT2D eigenvalue weighted by atomic mass is 19.1. The zero-order valence-corrected chi connectivity index (χ0v) is 80.8. The second kappa shape index (κ2) is 58.3. The van der Waals surface area contributed by atoms with Gasteiger partial charge in [-0.25, -0.2) is 18.3 Å². The zero-order chi connectivity index (χ0) is 95.9. The molecule has 6 aliphatic heterocycles. The Hall–Kier alpha value is -11.0. The fourth-order valence-corrected chi connectivity index (χ4v) is 17.3. The van der Waals surface area contributed by atoms with Crippen molar-refractivity contribution in [2.24, 2.45) is 5.92 Å². The van der Waals surface area contributed by atoms with Crippen molar-refractivity contribution in [3.8, 4) is 0 Å². The van der Waals surface area contributed by atoms with Crippen molar-refractivity contribution < 1.29 is 56.3 Å². The monoisotopic (exact) mass is 1840 g/mol. The molecule has 4 amide bonds. The average Bonchev–Trinajstić information content (AvgIpc) is 1.75. The lowest BCUT2D eigenvalue weighted by Crippen LogP contribution is -2.42. The largest absolute Gasteiger partial charge is 0.379 e. The van der Waals surface area contributed by atoms with Gasteiger partial charge in [0.2, 0.25) is 5.95 Å². The molecule has 8 aromatic carbocycles. The zero-order valence-electron chi connectivity index (χ0n) is 80.8. The second-order valence-electron chi connectivity index (χ2n) is 36.6. The second-order valence-corrected chi connectivity index (χ2v) is 36.6. The first-order valence-corrected chi connectivity index (χ1v) is 48.7. The molecule has 1 aromatic heterocycles. The van der Waals surface area contributed by atoms with E-state index >= 15 is 0 Å². The number of hydrogen-bond acceptors (Lipinski definition) is 16. The number of piperidine rings is 2. The summed E-state index contributed by atoms with van der Waals surface area (Å²) in [6, 6.07) is 53.7. The van der Waals surface area contributed by atoms with Crippen molar-refractivity contribution in [1.82, 2.24) is 55.6 Å². The molecule has 0 bridgehead atoms. The lowest BCUT2D eigenvalue weighted by atomic mass is 9.90. The Kier molecular flexibility index (Phi) is 46.4. The summed E-state index contributed by atoms with van der Waals surface area (Å²) in [5.74, 6) is -0.519. The molecule has 0 unspecified atom stereocenters. The molecule has 7 aliphatic rings. The molecule has 1 aliphatic carbocycles. The Labute approximate surface area is 793 Å². The first-order valence-electron chi connectivity index (χ1n) is 48.7. The maximum absolute atomic E-state index is 13.6. The van der Waals surface area contributed by atoms with Crippen LogP contribution in [0.3, 0.4) is 0 Å². The molecule has 21 nitrogen and oxygen atoms in total. The number of aromatic amines is 1. The van der Waals surface area contributed by atoms with Crippen molar-refractivity contribution in [3.63, 3.8) is 0 Å². The number of amides is 4. The molecule has 9 aromatic rings. The topological polar surface area (TPSA) is 252 Å². The summed E-state index contributed by atoms with van der Waals surface area (Å²) < 4.78 is 45.9. The van der Waals surface area contributed by atoms with Crippen LogP contribution >= 0.6 is 0 Å². The van der Waals surface area contributed by atoms with E-state index < -0.39 is 17.5 Å². The SMILES string of the molecule is CNC(=O)c1cccc(C)c1.Cc1ccc(C(=O)CC2CCNCC2)cc1.Cc1ccc(C(=O)CCCN2CCCC2)c(F)c1.Cc1ccc(C(=O)CCCN2CCCCC2)cc1.Cc1ccc(C(=O)CCCN2CCOCC2)cc1.Cc1ccc(C(=O)N2CCC[C@H]2CN2CCCC2)cc1.Cc1ccc(C(=O)NC2CCCCC2)c(F)c1.Cc1ccc(C(=O)Nc2ncn[nH]2)c(F)c1. The van der Waals surface area contributed by atoms with Crippen LogP contribution in [-0.4, -0.2) is 217 Å².